The fourth-order valence-corrected chi connectivity index (χ4v) is 3.96. The molecule has 106 valence electrons. The second-order valence-corrected chi connectivity index (χ2v) is 6.08. The molecule has 3 heteroatoms. The molecule has 1 fully saturated rings. The standard InChI is InChI=1S/C17H20O3/c1-10-12-9-13(20-3)17(2,19)15(16(12)18)14(10)11-7-5-4-6-8-11/h4-10,12,14-15,19H,1-3H3. The maximum Gasteiger partial charge on any atom is 0.147 e. The molecule has 2 aliphatic carbocycles. The van der Waals surface area contributed by atoms with Crippen LogP contribution < -0.4 is 0 Å². The summed E-state index contributed by atoms with van der Waals surface area (Å²) < 4.78 is 5.33. The lowest BCUT2D eigenvalue weighted by Crippen LogP contribution is -2.45. The van der Waals surface area contributed by atoms with Crippen LogP contribution in [-0.2, 0) is 9.53 Å². The minimum atomic E-state index is -1.23. The molecule has 1 aromatic carbocycles. The number of carbonyl (C=O) groups is 1. The van der Waals surface area contributed by atoms with Gasteiger partial charge in [0.25, 0.3) is 0 Å². The van der Waals surface area contributed by atoms with Gasteiger partial charge in [0, 0.05) is 11.8 Å². The highest BCUT2D eigenvalue weighted by atomic mass is 16.5. The first-order valence-electron chi connectivity index (χ1n) is 7.05. The summed E-state index contributed by atoms with van der Waals surface area (Å²) in [5.74, 6) is 0.293. The summed E-state index contributed by atoms with van der Waals surface area (Å²) in [5.41, 5.74) is -0.111. The highest BCUT2D eigenvalue weighted by Crippen LogP contribution is 2.55. The van der Waals surface area contributed by atoms with Gasteiger partial charge in [0.05, 0.1) is 13.0 Å². The van der Waals surface area contributed by atoms with Crippen molar-refractivity contribution in [2.75, 3.05) is 7.11 Å². The number of ketones is 1. The molecule has 1 aromatic rings. The van der Waals surface area contributed by atoms with Crippen LogP contribution >= 0.6 is 0 Å². The Labute approximate surface area is 119 Å². The van der Waals surface area contributed by atoms with Gasteiger partial charge in [-0.15, -0.1) is 0 Å². The number of allylic oxidation sites excluding steroid dienone is 1. The number of aliphatic hydroxyl groups is 1. The number of ether oxygens (including phenoxy) is 1. The Balaban J connectivity index is 2.11. The second kappa shape index (κ2) is 4.45. The third-order valence-corrected chi connectivity index (χ3v) is 4.97. The molecule has 20 heavy (non-hydrogen) atoms. The number of methoxy groups -OCH3 is 1. The van der Waals surface area contributed by atoms with Gasteiger partial charge >= 0.3 is 0 Å². The van der Waals surface area contributed by atoms with Crippen molar-refractivity contribution < 1.29 is 14.6 Å². The molecular weight excluding hydrogens is 252 g/mol. The quantitative estimate of drug-likeness (QED) is 0.900. The van der Waals surface area contributed by atoms with Crippen molar-refractivity contribution >= 4 is 5.78 Å². The van der Waals surface area contributed by atoms with Crippen LogP contribution in [0.15, 0.2) is 42.2 Å². The fraction of sp³-hybridized carbons (Fsp3) is 0.471. The first-order valence-corrected chi connectivity index (χ1v) is 7.05. The summed E-state index contributed by atoms with van der Waals surface area (Å²) >= 11 is 0. The zero-order chi connectivity index (χ0) is 14.5. The maximum atomic E-state index is 12.6. The Kier molecular flexibility index (Phi) is 2.98. The van der Waals surface area contributed by atoms with Gasteiger partial charge < -0.3 is 9.84 Å². The van der Waals surface area contributed by atoms with E-state index in [1.807, 2.05) is 36.4 Å². The van der Waals surface area contributed by atoms with Crippen LogP contribution in [-0.4, -0.2) is 23.6 Å². The summed E-state index contributed by atoms with van der Waals surface area (Å²) in [6.07, 6.45) is 1.81. The van der Waals surface area contributed by atoms with E-state index in [0.29, 0.717) is 5.76 Å². The highest BCUT2D eigenvalue weighted by Gasteiger charge is 2.59. The first kappa shape index (κ1) is 13.4. The Hall–Kier alpha value is -1.61. The average Bonchev–Trinajstić information content (AvgIpc) is 2.63. The van der Waals surface area contributed by atoms with Crippen LogP contribution in [0.4, 0.5) is 0 Å². The summed E-state index contributed by atoms with van der Waals surface area (Å²) in [6.45, 7) is 3.78. The van der Waals surface area contributed by atoms with Crippen molar-refractivity contribution in [3.63, 3.8) is 0 Å². The van der Waals surface area contributed by atoms with Crippen LogP contribution in [0.25, 0.3) is 0 Å². The lowest BCUT2D eigenvalue weighted by atomic mass is 9.74. The van der Waals surface area contributed by atoms with Crippen molar-refractivity contribution in [3.8, 4) is 0 Å². The largest absolute Gasteiger partial charge is 0.498 e. The summed E-state index contributed by atoms with van der Waals surface area (Å²) in [6, 6.07) is 10.0. The minimum absolute atomic E-state index is 0.0348. The van der Waals surface area contributed by atoms with Crippen LogP contribution in [0, 0.1) is 17.8 Å². The summed E-state index contributed by atoms with van der Waals surface area (Å²) in [7, 11) is 1.55. The van der Waals surface area contributed by atoms with Gasteiger partial charge in [0.1, 0.15) is 17.1 Å². The zero-order valence-corrected chi connectivity index (χ0v) is 12.0. The van der Waals surface area contributed by atoms with Crippen LogP contribution in [0.5, 0.6) is 0 Å². The minimum Gasteiger partial charge on any atom is -0.498 e. The topological polar surface area (TPSA) is 46.5 Å². The van der Waals surface area contributed by atoms with Gasteiger partial charge in [-0.05, 0) is 24.5 Å². The van der Waals surface area contributed by atoms with Crippen molar-refractivity contribution in [3.05, 3.63) is 47.7 Å². The number of hydrogen-bond donors (Lipinski definition) is 1. The van der Waals surface area contributed by atoms with E-state index in [2.05, 4.69) is 6.92 Å². The van der Waals surface area contributed by atoms with E-state index in [0.717, 1.165) is 5.56 Å². The number of benzene rings is 1. The van der Waals surface area contributed by atoms with Crippen LogP contribution in [0.3, 0.4) is 0 Å². The lowest BCUT2D eigenvalue weighted by Gasteiger charge is -2.36. The first-order chi connectivity index (χ1) is 9.48. The molecule has 5 unspecified atom stereocenters. The fourth-order valence-electron chi connectivity index (χ4n) is 3.96. The lowest BCUT2D eigenvalue weighted by molar-refractivity contribution is -0.132. The monoisotopic (exact) mass is 272 g/mol. The molecule has 0 spiro atoms. The predicted molar refractivity (Wildman–Crippen MR) is 76.0 cm³/mol. The van der Waals surface area contributed by atoms with Crippen molar-refractivity contribution in [1.29, 1.82) is 0 Å². The van der Waals surface area contributed by atoms with E-state index in [1.165, 1.54) is 0 Å². The van der Waals surface area contributed by atoms with Gasteiger partial charge in [-0.3, -0.25) is 4.79 Å². The van der Waals surface area contributed by atoms with Crippen molar-refractivity contribution in [1.82, 2.24) is 0 Å². The number of rotatable bonds is 2. The number of fused-ring (bicyclic) bond motifs is 2. The van der Waals surface area contributed by atoms with E-state index in [4.69, 9.17) is 4.74 Å². The Morgan fingerprint density at radius 3 is 2.50 bits per heavy atom. The highest BCUT2D eigenvalue weighted by molar-refractivity contribution is 5.92. The van der Waals surface area contributed by atoms with E-state index in [-0.39, 0.29) is 23.5 Å². The van der Waals surface area contributed by atoms with Crippen LogP contribution in [0.1, 0.15) is 25.3 Å². The maximum absolute atomic E-state index is 12.6. The normalized spacial score (nSPS) is 39.6. The molecular formula is C17H20O3. The van der Waals surface area contributed by atoms with Crippen molar-refractivity contribution in [2.45, 2.75) is 25.4 Å². The zero-order valence-electron chi connectivity index (χ0n) is 12.0. The van der Waals surface area contributed by atoms with Crippen LogP contribution in [0.2, 0.25) is 0 Å². The molecule has 0 aliphatic heterocycles. The van der Waals surface area contributed by atoms with E-state index in [1.54, 1.807) is 14.0 Å². The third-order valence-electron chi connectivity index (χ3n) is 4.97. The molecule has 1 saturated carbocycles. The summed E-state index contributed by atoms with van der Waals surface area (Å²) in [4.78, 5) is 12.6. The molecule has 0 aromatic heterocycles. The molecule has 5 atom stereocenters. The Morgan fingerprint density at radius 2 is 1.90 bits per heavy atom. The molecule has 2 bridgehead atoms. The molecule has 0 heterocycles. The number of carbonyl (C=O) groups excluding carboxylic acids is 1. The van der Waals surface area contributed by atoms with E-state index in [9.17, 15) is 9.90 Å². The van der Waals surface area contributed by atoms with Crippen molar-refractivity contribution in [2.24, 2.45) is 17.8 Å². The predicted octanol–water partition coefficient (Wildman–Crippen LogP) is 2.52. The van der Waals surface area contributed by atoms with E-state index >= 15 is 0 Å². The molecule has 3 nitrogen and oxygen atoms in total. The Bertz CT molecular complexity index is 559. The van der Waals surface area contributed by atoms with Gasteiger partial charge in [0.2, 0.25) is 0 Å². The molecule has 1 N–H and O–H groups in total. The van der Waals surface area contributed by atoms with Gasteiger partial charge in [-0.2, -0.15) is 0 Å². The molecule has 0 saturated heterocycles. The number of hydrogen-bond acceptors (Lipinski definition) is 3. The van der Waals surface area contributed by atoms with Gasteiger partial charge in [-0.1, -0.05) is 37.3 Å². The molecule has 0 radical (unpaired) electrons. The van der Waals surface area contributed by atoms with Gasteiger partial charge in [0.15, 0.2) is 0 Å². The van der Waals surface area contributed by atoms with E-state index < -0.39 is 11.5 Å². The average molecular weight is 272 g/mol. The SMILES string of the molecule is COC1=CC2C(=O)C(C(c3ccccc3)C2C)C1(C)O. The second-order valence-electron chi connectivity index (χ2n) is 6.08. The summed E-state index contributed by atoms with van der Waals surface area (Å²) in [5, 5.41) is 10.8. The number of Topliss-reactive ketones (excluding diaryl/α,β-unsaturated/α-hetero) is 1. The third kappa shape index (κ3) is 1.66. The molecule has 2 aliphatic rings. The molecule has 3 rings (SSSR count). The molecule has 0 amide bonds. The smallest absolute Gasteiger partial charge is 0.147 e. The Morgan fingerprint density at radius 1 is 1.25 bits per heavy atom. The van der Waals surface area contributed by atoms with Gasteiger partial charge in [-0.25, -0.2) is 0 Å².